The van der Waals surface area contributed by atoms with Crippen LogP contribution in [-0.2, 0) is 13.2 Å². The lowest BCUT2D eigenvalue weighted by Gasteiger charge is -2.13. The van der Waals surface area contributed by atoms with Crippen LogP contribution >= 0.6 is 0 Å². The predicted molar refractivity (Wildman–Crippen MR) is 107 cm³/mol. The van der Waals surface area contributed by atoms with Crippen LogP contribution in [0, 0.1) is 0 Å². The summed E-state index contributed by atoms with van der Waals surface area (Å²) in [5.74, 6) is 0. The molecule has 0 bridgehead atoms. The fourth-order valence-corrected chi connectivity index (χ4v) is 3.48. The number of fused-ring (bicyclic) bond motifs is 1. The number of hydrogen-bond acceptors (Lipinski definition) is 2. The van der Waals surface area contributed by atoms with Crippen molar-refractivity contribution >= 4 is 10.8 Å². The van der Waals surface area contributed by atoms with Crippen LogP contribution < -0.4 is 0 Å². The van der Waals surface area contributed by atoms with Crippen LogP contribution in [0.3, 0.4) is 0 Å². The molecule has 128 valence electrons. The van der Waals surface area contributed by atoms with Gasteiger partial charge in [0.15, 0.2) is 0 Å². The van der Waals surface area contributed by atoms with Gasteiger partial charge in [-0.3, -0.25) is 0 Å². The van der Waals surface area contributed by atoms with Crippen molar-refractivity contribution in [3.05, 3.63) is 96.1 Å². The second kappa shape index (κ2) is 7.12. The molecule has 4 rings (SSSR count). The Morgan fingerprint density at radius 1 is 0.500 bits per heavy atom. The maximum Gasteiger partial charge on any atom is 0.0682 e. The van der Waals surface area contributed by atoms with Crippen molar-refractivity contribution < 1.29 is 10.2 Å². The molecule has 0 spiro atoms. The van der Waals surface area contributed by atoms with Gasteiger partial charge in [-0.05, 0) is 56.3 Å². The van der Waals surface area contributed by atoms with E-state index in [4.69, 9.17) is 0 Å². The molecule has 0 radical (unpaired) electrons. The van der Waals surface area contributed by atoms with Crippen LogP contribution in [-0.4, -0.2) is 10.2 Å². The molecule has 0 aromatic heterocycles. The molecule has 0 unspecified atom stereocenters. The third-order valence-electron chi connectivity index (χ3n) is 4.77. The summed E-state index contributed by atoms with van der Waals surface area (Å²) in [4.78, 5) is 0. The second-order valence-corrected chi connectivity index (χ2v) is 6.42. The van der Waals surface area contributed by atoms with E-state index in [0.29, 0.717) is 0 Å². The molecule has 0 aliphatic rings. The van der Waals surface area contributed by atoms with Crippen molar-refractivity contribution in [1.82, 2.24) is 0 Å². The van der Waals surface area contributed by atoms with Crippen molar-refractivity contribution in [3.63, 3.8) is 0 Å². The van der Waals surface area contributed by atoms with Crippen LogP contribution in [0.15, 0.2) is 84.9 Å². The van der Waals surface area contributed by atoms with Gasteiger partial charge >= 0.3 is 0 Å². The maximum absolute atomic E-state index is 9.44. The van der Waals surface area contributed by atoms with Crippen molar-refractivity contribution in [1.29, 1.82) is 0 Å². The van der Waals surface area contributed by atoms with E-state index in [9.17, 15) is 10.2 Å². The van der Waals surface area contributed by atoms with E-state index in [-0.39, 0.29) is 13.2 Å². The Kier molecular flexibility index (Phi) is 4.53. The summed E-state index contributed by atoms with van der Waals surface area (Å²) in [5, 5.41) is 21.2. The molecular formula is C24H20O2. The molecule has 2 heteroatoms. The first-order chi connectivity index (χ1) is 12.8. The van der Waals surface area contributed by atoms with Crippen LogP contribution in [0.4, 0.5) is 0 Å². The summed E-state index contributed by atoms with van der Waals surface area (Å²) in [6.45, 7) is 0.0790. The van der Waals surface area contributed by atoms with Crippen LogP contribution in [0.25, 0.3) is 33.0 Å². The second-order valence-electron chi connectivity index (χ2n) is 6.42. The number of hydrogen-bond donors (Lipinski definition) is 2. The molecule has 0 atom stereocenters. The highest BCUT2D eigenvalue weighted by atomic mass is 16.3. The van der Waals surface area contributed by atoms with Gasteiger partial charge in [0.2, 0.25) is 0 Å². The number of rotatable bonds is 4. The smallest absolute Gasteiger partial charge is 0.0682 e. The number of aliphatic hydroxyl groups excluding tert-OH is 2. The van der Waals surface area contributed by atoms with E-state index in [1.54, 1.807) is 0 Å². The minimum absolute atomic E-state index is 0.0395. The van der Waals surface area contributed by atoms with Gasteiger partial charge in [-0.1, -0.05) is 72.8 Å². The first-order valence-corrected chi connectivity index (χ1v) is 8.72. The van der Waals surface area contributed by atoms with E-state index in [1.807, 2.05) is 36.4 Å². The SMILES string of the molecule is OCc1cccc(-c2ccc(-c3cccc(CO)c3)c3ccccc23)c1. The standard InChI is InChI=1S/C24H20O2/c25-15-17-5-3-7-19(13-17)21-11-12-22(24-10-2-1-9-23(21)24)20-8-4-6-18(14-20)16-26/h1-14,25-26H,15-16H2. The molecule has 0 aliphatic heterocycles. The van der Waals surface area contributed by atoms with Gasteiger partial charge in [0.1, 0.15) is 0 Å². The highest BCUT2D eigenvalue weighted by Crippen LogP contribution is 2.36. The van der Waals surface area contributed by atoms with Gasteiger partial charge in [0.05, 0.1) is 13.2 Å². The molecule has 0 saturated carbocycles. The number of aliphatic hydroxyl groups is 2. The van der Waals surface area contributed by atoms with Gasteiger partial charge in [-0.15, -0.1) is 0 Å². The molecule has 0 saturated heterocycles. The fraction of sp³-hybridized carbons (Fsp3) is 0.0833. The zero-order chi connectivity index (χ0) is 17.9. The van der Waals surface area contributed by atoms with E-state index < -0.39 is 0 Å². The topological polar surface area (TPSA) is 40.5 Å². The Hall–Kier alpha value is -2.94. The van der Waals surface area contributed by atoms with E-state index >= 15 is 0 Å². The molecule has 4 aromatic carbocycles. The number of benzene rings is 4. The van der Waals surface area contributed by atoms with Gasteiger partial charge in [0.25, 0.3) is 0 Å². The molecule has 2 N–H and O–H groups in total. The highest BCUT2D eigenvalue weighted by Gasteiger charge is 2.10. The van der Waals surface area contributed by atoms with Crippen LogP contribution in [0.1, 0.15) is 11.1 Å². The Morgan fingerprint density at radius 2 is 0.962 bits per heavy atom. The molecular weight excluding hydrogens is 320 g/mol. The third-order valence-corrected chi connectivity index (χ3v) is 4.77. The Balaban J connectivity index is 1.93. The fourth-order valence-electron chi connectivity index (χ4n) is 3.48. The first-order valence-electron chi connectivity index (χ1n) is 8.72. The van der Waals surface area contributed by atoms with E-state index in [0.717, 1.165) is 33.4 Å². The summed E-state index contributed by atoms with van der Waals surface area (Å²) in [6.07, 6.45) is 0. The summed E-state index contributed by atoms with van der Waals surface area (Å²) >= 11 is 0. The zero-order valence-electron chi connectivity index (χ0n) is 14.4. The average molecular weight is 340 g/mol. The van der Waals surface area contributed by atoms with Crippen molar-refractivity contribution in [2.24, 2.45) is 0 Å². The van der Waals surface area contributed by atoms with Gasteiger partial charge in [-0.25, -0.2) is 0 Å². The maximum atomic E-state index is 9.44. The van der Waals surface area contributed by atoms with Crippen molar-refractivity contribution in [3.8, 4) is 22.3 Å². The van der Waals surface area contributed by atoms with Gasteiger partial charge < -0.3 is 10.2 Å². The molecule has 0 aliphatic carbocycles. The average Bonchev–Trinajstić information content (AvgIpc) is 2.73. The van der Waals surface area contributed by atoms with Gasteiger partial charge in [-0.2, -0.15) is 0 Å². The van der Waals surface area contributed by atoms with E-state index in [2.05, 4.69) is 48.5 Å². The molecule has 2 nitrogen and oxygen atoms in total. The molecule has 4 aromatic rings. The minimum Gasteiger partial charge on any atom is -0.392 e. The van der Waals surface area contributed by atoms with Crippen molar-refractivity contribution in [2.75, 3.05) is 0 Å². The quantitative estimate of drug-likeness (QED) is 0.539. The lowest BCUT2D eigenvalue weighted by molar-refractivity contribution is 0.281. The normalized spacial score (nSPS) is 11.0. The largest absolute Gasteiger partial charge is 0.392 e. The molecule has 0 amide bonds. The minimum atomic E-state index is 0.0395. The summed E-state index contributed by atoms with van der Waals surface area (Å²) < 4.78 is 0. The summed E-state index contributed by atoms with van der Waals surface area (Å²) in [7, 11) is 0. The van der Waals surface area contributed by atoms with Crippen molar-refractivity contribution in [2.45, 2.75) is 13.2 Å². The lowest BCUT2D eigenvalue weighted by Crippen LogP contribution is -1.89. The third kappa shape index (κ3) is 3.01. The van der Waals surface area contributed by atoms with Crippen LogP contribution in [0.2, 0.25) is 0 Å². The Bertz CT molecular complexity index is 980. The predicted octanol–water partition coefficient (Wildman–Crippen LogP) is 5.16. The zero-order valence-corrected chi connectivity index (χ0v) is 14.4. The Morgan fingerprint density at radius 3 is 1.38 bits per heavy atom. The Labute approximate surface area is 153 Å². The summed E-state index contributed by atoms with van der Waals surface area (Å²) in [6, 6.07) is 28.7. The highest BCUT2D eigenvalue weighted by molar-refractivity contribution is 6.04. The lowest BCUT2D eigenvalue weighted by atomic mass is 9.91. The first kappa shape index (κ1) is 16.5. The van der Waals surface area contributed by atoms with Gasteiger partial charge in [0, 0.05) is 0 Å². The summed E-state index contributed by atoms with van der Waals surface area (Å²) in [5.41, 5.74) is 6.32. The van der Waals surface area contributed by atoms with Crippen LogP contribution in [0.5, 0.6) is 0 Å². The molecule has 26 heavy (non-hydrogen) atoms. The van der Waals surface area contributed by atoms with E-state index in [1.165, 1.54) is 10.8 Å². The molecule has 0 fully saturated rings. The monoisotopic (exact) mass is 340 g/mol. The molecule has 0 heterocycles.